The number of carbonyl (C=O) groups is 1. The summed E-state index contributed by atoms with van der Waals surface area (Å²) in [5.74, 6) is -0.804. The van der Waals surface area contributed by atoms with E-state index in [-0.39, 0.29) is 6.42 Å². The molecular weight excluding hydrogens is 336 g/mol. The van der Waals surface area contributed by atoms with Crippen molar-refractivity contribution >= 4 is 5.97 Å². The van der Waals surface area contributed by atoms with Crippen molar-refractivity contribution in [3.63, 3.8) is 0 Å². The normalized spacial score (nSPS) is 25.9. The molecule has 0 unspecified atom stereocenters. The number of allylic oxidation sites excluding steroid dienone is 1. The van der Waals surface area contributed by atoms with E-state index in [9.17, 15) is 20.1 Å². The van der Waals surface area contributed by atoms with E-state index in [4.69, 9.17) is 9.84 Å². The maximum Gasteiger partial charge on any atom is 0.303 e. The van der Waals surface area contributed by atoms with E-state index < -0.39 is 36.5 Å². The Morgan fingerprint density at radius 1 is 1.23 bits per heavy atom. The van der Waals surface area contributed by atoms with Gasteiger partial charge in [0.1, 0.15) is 6.10 Å². The number of aliphatic hydroxyl groups excluding tert-OH is 3. The highest BCUT2D eigenvalue weighted by atomic mass is 16.5. The van der Waals surface area contributed by atoms with Crippen LogP contribution in [0.15, 0.2) is 24.3 Å². The van der Waals surface area contributed by atoms with Gasteiger partial charge in [0, 0.05) is 12.8 Å². The number of carboxylic acids is 1. The van der Waals surface area contributed by atoms with E-state index in [1.807, 2.05) is 12.2 Å². The van der Waals surface area contributed by atoms with Gasteiger partial charge in [0.2, 0.25) is 0 Å². The van der Waals surface area contributed by atoms with E-state index in [1.165, 1.54) is 0 Å². The third-order valence-electron chi connectivity index (χ3n) is 4.55. The van der Waals surface area contributed by atoms with E-state index in [1.54, 1.807) is 12.2 Å². The zero-order valence-electron chi connectivity index (χ0n) is 15.7. The Labute approximate surface area is 156 Å². The zero-order chi connectivity index (χ0) is 19.4. The predicted octanol–water partition coefficient (Wildman–Crippen LogP) is 2.56. The molecule has 0 aliphatic carbocycles. The lowest BCUT2D eigenvalue weighted by molar-refractivity contribution is -0.137. The van der Waals surface area contributed by atoms with Crippen LogP contribution < -0.4 is 0 Å². The number of aliphatic carboxylic acids is 1. The Balaban J connectivity index is 2.30. The van der Waals surface area contributed by atoms with Crippen LogP contribution in [-0.4, -0.2) is 56.9 Å². The van der Waals surface area contributed by atoms with Crippen molar-refractivity contribution in [3.8, 4) is 0 Å². The van der Waals surface area contributed by atoms with Crippen molar-refractivity contribution in [2.24, 2.45) is 0 Å². The van der Waals surface area contributed by atoms with Crippen molar-refractivity contribution in [3.05, 3.63) is 24.3 Å². The van der Waals surface area contributed by atoms with Gasteiger partial charge in [0.15, 0.2) is 0 Å². The molecule has 26 heavy (non-hydrogen) atoms. The lowest BCUT2D eigenvalue weighted by atomic mass is 10.0. The Bertz CT molecular complexity index is 448. The fourth-order valence-electron chi connectivity index (χ4n) is 2.96. The smallest absolute Gasteiger partial charge is 0.303 e. The summed E-state index contributed by atoms with van der Waals surface area (Å²) < 4.78 is 5.71. The van der Waals surface area contributed by atoms with Crippen molar-refractivity contribution in [2.45, 2.75) is 95.2 Å². The van der Waals surface area contributed by atoms with Crippen LogP contribution in [-0.2, 0) is 9.53 Å². The molecule has 150 valence electrons. The second kappa shape index (κ2) is 13.0. The van der Waals surface area contributed by atoms with E-state index in [0.29, 0.717) is 32.1 Å². The van der Waals surface area contributed by atoms with Gasteiger partial charge in [-0.3, -0.25) is 4.79 Å². The summed E-state index contributed by atoms with van der Waals surface area (Å²) in [6.45, 7) is 2.11. The molecule has 5 atom stereocenters. The second-order valence-corrected chi connectivity index (χ2v) is 6.95. The summed E-state index contributed by atoms with van der Waals surface area (Å²) in [7, 11) is 0. The molecule has 0 aromatic rings. The third-order valence-corrected chi connectivity index (χ3v) is 4.55. The van der Waals surface area contributed by atoms with E-state index >= 15 is 0 Å². The van der Waals surface area contributed by atoms with Crippen LogP contribution in [0.1, 0.15) is 64.7 Å². The topological polar surface area (TPSA) is 107 Å². The predicted molar refractivity (Wildman–Crippen MR) is 99.8 cm³/mol. The molecule has 6 nitrogen and oxygen atoms in total. The maximum absolute atomic E-state index is 10.4. The van der Waals surface area contributed by atoms with Crippen molar-refractivity contribution in [1.82, 2.24) is 0 Å². The summed E-state index contributed by atoms with van der Waals surface area (Å²) in [6, 6.07) is 0. The van der Waals surface area contributed by atoms with Crippen molar-refractivity contribution in [2.75, 3.05) is 0 Å². The number of hydrogen-bond donors (Lipinski definition) is 4. The van der Waals surface area contributed by atoms with E-state index in [0.717, 1.165) is 19.3 Å². The number of carboxylic acid groups (broad SMARTS) is 1. The molecule has 1 fully saturated rings. The SMILES string of the molecule is CCCCC[C@H](O)/C=C/[C@H]1O[C@H]([C@@H](O)C/C=C\CCCC(=O)O)C[C@@H]1O. The van der Waals surface area contributed by atoms with Gasteiger partial charge < -0.3 is 25.2 Å². The molecule has 0 aromatic heterocycles. The minimum absolute atomic E-state index is 0.142. The lowest BCUT2D eigenvalue weighted by Gasteiger charge is -2.16. The quantitative estimate of drug-likeness (QED) is 0.293. The minimum Gasteiger partial charge on any atom is -0.481 e. The van der Waals surface area contributed by atoms with Gasteiger partial charge >= 0.3 is 5.97 Å². The van der Waals surface area contributed by atoms with Crippen LogP contribution in [0.25, 0.3) is 0 Å². The van der Waals surface area contributed by atoms with Gasteiger partial charge in [-0.05, 0) is 25.7 Å². The zero-order valence-corrected chi connectivity index (χ0v) is 15.7. The Kier molecular flexibility index (Phi) is 11.4. The summed E-state index contributed by atoms with van der Waals surface area (Å²) in [5.41, 5.74) is 0. The minimum atomic E-state index is -0.804. The van der Waals surface area contributed by atoms with Gasteiger partial charge in [0.25, 0.3) is 0 Å². The standard InChI is InChI=1S/C20H34O6/c1-2-3-6-9-15(21)12-13-18-17(23)14-19(26-18)16(22)10-7-4-5-8-11-20(24)25/h4,7,12-13,15-19,21-23H,2-3,5-6,8-11,14H2,1H3,(H,24,25)/b7-4-,13-12+/t15-,16-,17-,18+,19-/m0/s1. The Morgan fingerprint density at radius 3 is 2.69 bits per heavy atom. The van der Waals surface area contributed by atoms with Gasteiger partial charge in [0.05, 0.1) is 24.4 Å². The van der Waals surface area contributed by atoms with Crippen LogP contribution in [0.2, 0.25) is 0 Å². The molecule has 1 heterocycles. The fourth-order valence-corrected chi connectivity index (χ4v) is 2.96. The Hall–Kier alpha value is -1.21. The monoisotopic (exact) mass is 370 g/mol. The highest BCUT2D eigenvalue weighted by Crippen LogP contribution is 2.25. The number of aliphatic hydroxyl groups is 3. The number of ether oxygens (including phenoxy) is 1. The first-order valence-corrected chi connectivity index (χ1v) is 9.68. The Morgan fingerprint density at radius 2 is 2.00 bits per heavy atom. The molecule has 0 amide bonds. The first-order chi connectivity index (χ1) is 12.4. The molecule has 1 aliphatic rings. The molecule has 1 saturated heterocycles. The largest absolute Gasteiger partial charge is 0.481 e. The number of unbranched alkanes of at least 4 members (excludes halogenated alkanes) is 3. The highest BCUT2D eigenvalue weighted by molar-refractivity contribution is 5.66. The average molecular weight is 370 g/mol. The molecule has 0 bridgehead atoms. The van der Waals surface area contributed by atoms with Crippen LogP contribution >= 0.6 is 0 Å². The van der Waals surface area contributed by atoms with Crippen molar-refractivity contribution < 1.29 is 30.0 Å². The van der Waals surface area contributed by atoms with E-state index in [2.05, 4.69) is 6.92 Å². The average Bonchev–Trinajstić information content (AvgIpc) is 2.97. The van der Waals surface area contributed by atoms with Gasteiger partial charge in [-0.15, -0.1) is 0 Å². The third kappa shape index (κ3) is 9.48. The molecule has 1 aliphatic heterocycles. The molecule has 0 saturated carbocycles. The summed E-state index contributed by atoms with van der Waals surface area (Å²) in [5, 5.41) is 38.7. The number of hydrogen-bond acceptors (Lipinski definition) is 5. The molecule has 6 heteroatoms. The maximum atomic E-state index is 10.4. The molecular formula is C20H34O6. The summed E-state index contributed by atoms with van der Waals surface area (Å²) in [4.78, 5) is 10.4. The first-order valence-electron chi connectivity index (χ1n) is 9.68. The van der Waals surface area contributed by atoms with Gasteiger partial charge in [-0.25, -0.2) is 0 Å². The van der Waals surface area contributed by atoms with Crippen LogP contribution in [0.5, 0.6) is 0 Å². The van der Waals surface area contributed by atoms with Crippen LogP contribution in [0, 0.1) is 0 Å². The lowest BCUT2D eigenvalue weighted by Crippen LogP contribution is -2.25. The summed E-state index contributed by atoms with van der Waals surface area (Å²) in [6.07, 6.45) is 10.2. The molecule has 0 spiro atoms. The highest BCUT2D eigenvalue weighted by Gasteiger charge is 2.35. The van der Waals surface area contributed by atoms with Gasteiger partial charge in [-0.2, -0.15) is 0 Å². The molecule has 1 rings (SSSR count). The van der Waals surface area contributed by atoms with Crippen LogP contribution in [0.3, 0.4) is 0 Å². The van der Waals surface area contributed by atoms with Gasteiger partial charge in [-0.1, -0.05) is 50.5 Å². The molecule has 0 aromatic carbocycles. The first kappa shape index (κ1) is 22.8. The summed E-state index contributed by atoms with van der Waals surface area (Å²) >= 11 is 0. The van der Waals surface area contributed by atoms with Crippen LogP contribution in [0.4, 0.5) is 0 Å². The van der Waals surface area contributed by atoms with Crippen molar-refractivity contribution in [1.29, 1.82) is 0 Å². The number of rotatable bonds is 13. The molecule has 0 radical (unpaired) electrons. The fraction of sp³-hybridized carbons (Fsp3) is 0.750. The molecule has 4 N–H and O–H groups in total. The second-order valence-electron chi connectivity index (χ2n) is 6.95.